The van der Waals surface area contributed by atoms with Crippen molar-refractivity contribution < 1.29 is 4.39 Å². The summed E-state index contributed by atoms with van der Waals surface area (Å²) in [5, 5.41) is 3.11. The Balaban J connectivity index is 2.03. The molecule has 21 heavy (non-hydrogen) atoms. The Hall–Kier alpha value is -1.19. The third kappa shape index (κ3) is 4.39. The van der Waals surface area contributed by atoms with Gasteiger partial charge in [0.25, 0.3) is 0 Å². The van der Waals surface area contributed by atoms with E-state index in [4.69, 9.17) is 0 Å². The zero-order valence-corrected chi connectivity index (χ0v) is 13.7. The van der Waals surface area contributed by atoms with Gasteiger partial charge in [0, 0.05) is 31.7 Å². The van der Waals surface area contributed by atoms with Crippen LogP contribution < -0.4 is 5.32 Å². The fourth-order valence-corrected chi connectivity index (χ4v) is 2.84. The van der Waals surface area contributed by atoms with E-state index in [1.165, 1.54) is 5.57 Å². The summed E-state index contributed by atoms with van der Waals surface area (Å²) in [6, 6.07) is 5.42. The summed E-state index contributed by atoms with van der Waals surface area (Å²) in [6.45, 7) is 10.2. The molecule has 0 amide bonds. The zero-order valence-electron chi connectivity index (χ0n) is 13.7. The van der Waals surface area contributed by atoms with Crippen LogP contribution in [0.4, 0.5) is 4.39 Å². The van der Waals surface area contributed by atoms with Gasteiger partial charge in [-0.1, -0.05) is 44.6 Å². The van der Waals surface area contributed by atoms with Crippen LogP contribution in [0.3, 0.4) is 0 Å². The second-order valence-electron chi connectivity index (χ2n) is 6.92. The minimum atomic E-state index is -0.0968. The van der Waals surface area contributed by atoms with Gasteiger partial charge in [0.1, 0.15) is 5.82 Å². The lowest BCUT2D eigenvalue weighted by molar-refractivity contribution is 0.268. The van der Waals surface area contributed by atoms with Crippen LogP contribution in [-0.2, 0) is 13.1 Å². The van der Waals surface area contributed by atoms with Crippen LogP contribution in [-0.4, -0.2) is 25.0 Å². The average Bonchev–Trinajstić information content (AvgIpc) is 2.42. The van der Waals surface area contributed by atoms with Crippen LogP contribution in [0.15, 0.2) is 29.8 Å². The van der Waals surface area contributed by atoms with E-state index in [0.29, 0.717) is 6.54 Å². The molecule has 0 spiro atoms. The van der Waals surface area contributed by atoms with Gasteiger partial charge in [-0.25, -0.2) is 4.39 Å². The number of halogens is 1. The summed E-state index contributed by atoms with van der Waals surface area (Å²) in [5.41, 5.74) is 3.71. The average molecular weight is 290 g/mol. The number of benzene rings is 1. The topological polar surface area (TPSA) is 15.3 Å². The van der Waals surface area contributed by atoms with E-state index in [1.54, 1.807) is 6.07 Å². The Morgan fingerprint density at radius 1 is 1.29 bits per heavy atom. The minimum absolute atomic E-state index is 0.0968. The lowest BCUT2D eigenvalue weighted by Crippen LogP contribution is -2.31. The largest absolute Gasteiger partial charge is 0.316 e. The van der Waals surface area contributed by atoms with Gasteiger partial charge in [0.2, 0.25) is 0 Å². The molecular formula is C18H27FN2. The van der Waals surface area contributed by atoms with Crippen molar-refractivity contribution >= 4 is 0 Å². The van der Waals surface area contributed by atoms with E-state index in [1.807, 2.05) is 19.2 Å². The molecule has 0 radical (unpaired) electrons. The Kier molecular flexibility index (Phi) is 5.17. The van der Waals surface area contributed by atoms with Crippen LogP contribution in [0.2, 0.25) is 0 Å². The summed E-state index contributed by atoms with van der Waals surface area (Å²) in [4.78, 5) is 2.32. The second kappa shape index (κ2) is 6.71. The standard InChI is InChI=1S/C18H27FN2/c1-18(2,3)16-7-9-21(10-8-16)13-15-11-14(12-20-4)5-6-17(15)19/h5-7,11,20H,8-10,12-13H2,1-4H3. The third-order valence-corrected chi connectivity index (χ3v) is 4.14. The van der Waals surface area contributed by atoms with Crippen molar-refractivity contribution in [2.24, 2.45) is 5.41 Å². The third-order valence-electron chi connectivity index (χ3n) is 4.14. The molecule has 0 saturated carbocycles. The van der Waals surface area contributed by atoms with Crippen LogP contribution >= 0.6 is 0 Å². The Morgan fingerprint density at radius 2 is 2.05 bits per heavy atom. The van der Waals surface area contributed by atoms with Crippen molar-refractivity contribution in [1.29, 1.82) is 0 Å². The normalized spacial score (nSPS) is 16.9. The molecule has 2 nitrogen and oxygen atoms in total. The van der Waals surface area contributed by atoms with Crippen LogP contribution in [0.1, 0.15) is 38.3 Å². The highest BCUT2D eigenvalue weighted by Crippen LogP contribution is 2.30. The SMILES string of the molecule is CNCc1ccc(F)c(CN2CC=C(C(C)(C)C)CC2)c1. The lowest BCUT2D eigenvalue weighted by Gasteiger charge is -2.32. The van der Waals surface area contributed by atoms with Crippen molar-refractivity contribution in [3.63, 3.8) is 0 Å². The predicted molar refractivity (Wildman–Crippen MR) is 86.6 cm³/mol. The number of nitrogens with one attached hydrogen (secondary N) is 1. The Bertz CT molecular complexity index is 514. The van der Waals surface area contributed by atoms with Crippen molar-refractivity contribution in [2.45, 2.75) is 40.3 Å². The molecule has 0 aromatic heterocycles. The highest BCUT2D eigenvalue weighted by Gasteiger charge is 2.21. The number of hydrogen-bond donors (Lipinski definition) is 1. The number of hydrogen-bond acceptors (Lipinski definition) is 2. The van der Waals surface area contributed by atoms with Gasteiger partial charge in [-0.15, -0.1) is 0 Å². The van der Waals surface area contributed by atoms with Gasteiger partial charge in [-0.2, -0.15) is 0 Å². The molecule has 1 aromatic carbocycles. The fourth-order valence-electron chi connectivity index (χ4n) is 2.84. The summed E-state index contributed by atoms with van der Waals surface area (Å²) in [5.74, 6) is -0.0968. The molecule has 116 valence electrons. The Labute approximate surface area is 128 Å². The number of nitrogens with zero attached hydrogens (tertiary/aromatic N) is 1. The van der Waals surface area contributed by atoms with E-state index in [0.717, 1.165) is 37.2 Å². The first-order valence-corrected chi connectivity index (χ1v) is 7.74. The van der Waals surface area contributed by atoms with Crippen LogP contribution in [0.25, 0.3) is 0 Å². The highest BCUT2D eigenvalue weighted by atomic mass is 19.1. The van der Waals surface area contributed by atoms with Crippen molar-refractivity contribution in [3.8, 4) is 0 Å². The minimum Gasteiger partial charge on any atom is -0.316 e. The predicted octanol–water partition coefficient (Wildman–Crippen LogP) is 3.72. The van der Waals surface area contributed by atoms with Crippen LogP contribution in [0, 0.1) is 11.2 Å². The molecule has 0 saturated heterocycles. The highest BCUT2D eigenvalue weighted by molar-refractivity contribution is 5.25. The van der Waals surface area contributed by atoms with Crippen molar-refractivity contribution in [1.82, 2.24) is 10.2 Å². The molecule has 3 heteroatoms. The molecule has 2 rings (SSSR count). The molecule has 0 unspecified atom stereocenters. The quantitative estimate of drug-likeness (QED) is 0.850. The molecule has 1 N–H and O–H groups in total. The van der Waals surface area contributed by atoms with Gasteiger partial charge in [0.15, 0.2) is 0 Å². The molecule has 0 aliphatic carbocycles. The summed E-state index contributed by atoms with van der Waals surface area (Å²) < 4.78 is 14.0. The lowest BCUT2D eigenvalue weighted by atomic mass is 9.83. The summed E-state index contributed by atoms with van der Waals surface area (Å²) >= 11 is 0. The maximum Gasteiger partial charge on any atom is 0.127 e. The van der Waals surface area contributed by atoms with Crippen molar-refractivity contribution in [2.75, 3.05) is 20.1 Å². The first kappa shape index (κ1) is 16.2. The van der Waals surface area contributed by atoms with E-state index in [2.05, 4.69) is 37.1 Å². The maximum atomic E-state index is 14.0. The van der Waals surface area contributed by atoms with Gasteiger partial charge in [-0.05, 0) is 30.5 Å². The number of rotatable bonds is 4. The van der Waals surface area contributed by atoms with Gasteiger partial charge in [0.05, 0.1) is 0 Å². The molecule has 0 bridgehead atoms. The van der Waals surface area contributed by atoms with E-state index in [9.17, 15) is 4.39 Å². The molecule has 1 aromatic rings. The first-order valence-electron chi connectivity index (χ1n) is 7.74. The summed E-state index contributed by atoms with van der Waals surface area (Å²) in [6.07, 6.45) is 3.40. The monoisotopic (exact) mass is 290 g/mol. The zero-order chi connectivity index (χ0) is 15.5. The molecule has 1 aliphatic heterocycles. The molecular weight excluding hydrogens is 263 g/mol. The Morgan fingerprint density at radius 3 is 2.62 bits per heavy atom. The molecule has 1 aliphatic rings. The molecule has 0 atom stereocenters. The molecule has 1 heterocycles. The maximum absolute atomic E-state index is 14.0. The van der Waals surface area contributed by atoms with Crippen molar-refractivity contribution in [3.05, 3.63) is 46.8 Å². The smallest absolute Gasteiger partial charge is 0.127 e. The molecule has 0 fully saturated rings. The van der Waals surface area contributed by atoms with E-state index >= 15 is 0 Å². The van der Waals surface area contributed by atoms with Gasteiger partial charge < -0.3 is 5.32 Å². The van der Waals surface area contributed by atoms with E-state index < -0.39 is 0 Å². The van der Waals surface area contributed by atoms with Crippen LogP contribution in [0.5, 0.6) is 0 Å². The van der Waals surface area contributed by atoms with Gasteiger partial charge >= 0.3 is 0 Å². The first-order chi connectivity index (χ1) is 9.90. The fraction of sp³-hybridized carbons (Fsp3) is 0.556. The second-order valence-corrected chi connectivity index (χ2v) is 6.92. The van der Waals surface area contributed by atoms with Gasteiger partial charge in [-0.3, -0.25) is 4.90 Å². The van der Waals surface area contributed by atoms with E-state index in [-0.39, 0.29) is 11.2 Å². The summed E-state index contributed by atoms with van der Waals surface area (Å²) in [7, 11) is 1.91.